The SMILES string of the molecule is NC1CCCCC1OCc1ccoc1. The Kier molecular flexibility index (Phi) is 3.22. The maximum absolute atomic E-state index is 5.97. The minimum absolute atomic E-state index is 0.218. The number of hydrogen-bond acceptors (Lipinski definition) is 3. The van der Waals surface area contributed by atoms with Crippen molar-refractivity contribution < 1.29 is 9.15 Å². The third-order valence-corrected chi connectivity index (χ3v) is 2.80. The van der Waals surface area contributed by atoms with Crippen LogP contribution in [-0.2, 0) is 11.3 Å². The van der Waals surface area contributed by atoms with E-state index in [-0.39, 0.29) is 12.1 Å². The minimum Gasteiger partial charge on any atom is -0.472 e. The normalized spacial score (nSPS) is 27.8. The van der Waals surface area contributed by atoms with Crippen LogP contribution >= 0.6 is 0 Å². The Balaban J connectivity index is 1.79. The molecule has 2 rings (SSSR count). The molecule has 0 saturated heterocycles. The molecule has 3 heteroatoms. The highest BCUT2D eigenvalue weighted by Gasteiger charge is 2.22. The molecule has 78 valence electrons. The maximum atomic E-state index is 5.97. The van der Waals surface area contributed by atoms with Gasteiger partial charge in [-0.05, 0) is 18.9 Å². The summed E-state index contributed by atoms with van der Waals surface area (Å²) in [4.78, 5) is 0. The molecule has 0 spiro atoms. The summed E-state index contributed by atoms with van der Waals surface area (Å²) in [6.45, 7) is 0.620. The lowest BCUT2D eigenvalue weighted by molar-refractivity contribution is 0.00386. The van der Waals surface area contributed by atoms with Gasteiger partial charge in [0.25, 0.3) is 0 Å². The fourth-order valence-corrected chi connectivity index (χ4v) is 1.91. The van der Waals surface area contributed by atoms with E-state index in [2.05, 4.69) is 0 Å². The zero-order valence-electron chi connectivity index (χ0n) is 8.32. The van der Waals surface area contributed by atoms with Crippen LogP contribution in [0.3, 0.4) is 0 Å². The van der Waals surface area contributed by atoms with Crippen LogP contribution in [-0.4, -0.2) is 12.1 Å². The third kappa shape index (κ3) is 2.36. The Bertz CT molecular complexity index is 258. The standard InChI is InChI=1S/C11H17NO2/c12-10-3-1-2-4-11(10)14-8-9-5-6-13-7-9/h5-7,10-11H,1-4,8,12H2. The van der Waals surface area contributed by atoms with Gasteiger partial charge in [-0.2, -0.15) is 0 Å². The molecule has 1 aliphatic carbocycles. The van der Waals surface area contributed by atoms with Crippen molar-refractivity contribution in [3.63, 3.8) is 0 Å². The van der Waals surface area contributed by atoms with Gasteiger partial charge >= 0.3 is 0 Å². The number of rotatable bonds is 3. The summed E-state index contributed by atoms with van der Waals surface area (Å²) in [6, 6.07) is 2.14. The number of furan rings is 1. The molecule has 1 aromatic rings. The monoisotopic (exact) mass is 195 g/mol. The topological polar surface area (TPSA) is 48.4 Å². The number of ether oxygens (including phenoxy) is 1. The molecule has 0 aromatic carbocycles. The zero-order chi connectivity index (χ0) is 9.80. The van der Waals surface area contributed by atoms with Crippen LogP contribution < -0.4 is 5.73 Å². The second-order valence-corrected chi connectivity index (χ2v) is 3.93. The summed E-state index contributed by atoms with van der Waals surface area (Å²) in [6.07, 6.45) is 8.29. The van der Waals surface area contributed by atoms with Crippen LogP contribution in [0.15, 0.2) is 23.0 Å². The quantitative estimate of drug-likeness (QED) is 0.803. The van der Waals surface area contributed by atoms with Crippen molar-refractivity contribution in [1.82, 2.24) is 0 Å². The van der Waals surface area contributed by atoms with E-state index in [1.807, 2.05) is 6.07 Å². The smallest absolute Gasteiger partial charge is 0.0957 e. The van der Waals surface area contributed by atoms with Crippen LogP contribution in [0.25, 0.3) is 0 Å². The third-order valence-electron chi connectivity index (χ3n) is 2.80. The van der Waals surface area contributed by atoms with E-state index in [0.29, 0.717) is 6.61 Å². The average molecular weight is 195 g/mol. The van der Waals surface area contributed by atoms with Gasteiger partial charge in [0, 0.05) is 11.6 Å². The molecule has 0 amide bonds. The van der Waals surface area contributed by atoms with Crippen LogP contribution in [0.4, 0.5) is 0 Å². The van der Waals surface area contributed by atoms with Crippen molar-refractivity contribution >= 4 is 0 Å². The largest absolute Gasteiger partial charge is 0.472 e. The van der Waals surface area contributed by atoms with Gasteiger partial charge in [-0.15, -0.1) is 0 Å². The van der Waals surface area contributed by atoms with Crippen LogP contribution in [0.5, 0.6) is 0 Å². The molecule has 2 N–H and O–H groups in total. The van der Waals surface area contributed by atoms with Gasteiger partial charge in [-0.3, -0.25) is 0 Å². The van der Waals surface area contributed by atoms with E-state index in [0.717, 1.165) is 18.4 Å². The molecule has 0 bridgehead atoms. The van der Waals surface area contributed by atoms with Crippen molar-refractivity contribution in [3.8, 4) is 0 Å². The summed E-state index contributed by atoms with van der Waals surface area (Å²) in [5.74, 6) is 0. The Morgan fingerprint density at radius 3 is 3.00 bits per heavy atom. The Morgan fingerprint density at radius 2 is 2.29 bits per heavy atom. The lowest BCUT2D eigenvalue weighted by atomic mass is 9.93. The van der Waals surface area contributed by atoms with E-state index in [1.165, 1.54) is 12.8 Å². The van der Waals surface area contributed by atoms with Gasteiger partial charge in [0.15, 0.2) is 0 Å². The molecule has 3 nitrogen and oxygen atoms in total. The Hall–Kier alpha value is -0.800. The molecule has 2 unspecified atom stereocenters. The molecule has 0 radical (unpaired) electrons. The predicted molar refractivity (Wildman–Crippen MR) is 53.7 cm³/mol. The lowest BCUT2D eigenvalue weighted by Crippen LogP contribution is -2.39. The van der Waals surface area contributed by atoms with Crippen molar-refractivity contribution in [2.75, 3.05) is 0 Å². The van der Waals surface area contributed by atoms with E-state index >= 15 is 0 Å². The van der Waals surface area contributed by atoms with E-state index in [4.69, 9.17) is 14.9 Å². The summed E-state index contributed by atoms with van der Waals surface area (Å²) in [5, 5.41) is 0. The molecule has 1 aromatic heterocycles. The first-order valence-corrected chi connectivity index (χ1v) is 5.24. The second-order valence-electron chi connectivity index (χ2n) is 3.93. The molecule has 2 atom stereocenters. The summed E-state index contributed by atoms with van der Waals surface area (Å²) in [5.41, 5.74) is 7.06. The zero-order valence-corrected chi connectivity index (χ0v) is 8.32. The molecular formula is C11H17NO2. The molecule has 14 heavy (non-hydrogen) atoms. The number of hydrogen-bond donors (Lipinski definition) is 1. The predicted octanol–water partition coefficient (Wildman–Crippen LogP) is 2.07. The van der Waals surface area contributed by atoms with Gasteiger partial charge in [0.2, 0.25) is 0 Å². The van der Waals surface area contributed by atoms with Gasteiger partial charge in [-0.25, -0.2) is 0 Å². The van der Waals surface area contributed by atoms with E-state index in [1.54, 1.807) is 12.5 Å². The second kappa shape index (κ2) is 4.62. The van der Waals surface area contributed by atoms with Gasteiger partial charge in [0.1, 0.15) is 0 Å². The highest BCUT2D eigenvalue weighted by molar-refractivity contribution is 5.03. The van der Waals surface area contributed by atoms with E-state index in [9.17, 15) is 0 Å². The minimum atomic E-state index is 0.218. The molecule has 1 fully saturated rings. The van der Waals surface area contributed by atoms with Crippen molar-refractivity contribution in [1.29, 1.82) is 0 Å². The molecule has 1 saturated carbocycles. The fourth-order valence-electron chi connectivity index (χ4n) is 1.91. The summed E-state index contributed by atoms with van der Waals surface area (Å²) < 4.78 is 10.7. The van der Waals surface area contributed by atoms with Crippen molar-refractivity contribution in [2.45, 2.75) is 44.4 Å². The summed E-state index contributed by atoms with van der Waals surface area (Å²) in [7, 11) is 0. The first-order valence-electron chi connectivity index (χ1n) is 5.24. The lowest BCUT2D eigenvalue weighted by Gasteiger charge is -2.28. The first-order chi connectivity index (χ1) is 6.86. The molecule has 0 aliphatic heterocycles. The molecule has 1 aliphatic rings. The summed E-state index contributed by atoms with van der Waals surface area (Å²) >= 11 is 0. The molecule has 1 heterocycles. The van der Waals surface area contributed by atoms with E-state index < -0.39 is 0 Å². The highest BCUT2D eigenvalue weighted by Crippen LogP contribution is 2.20. The van der Waals surface area contributed by atoms with Crippen molar-refractivity contribution in [2.24, 2.45) is 5.73 Å². The fraction of sp³-hybridized carbons (Fsp3) is 0.636. The van der Waals surface area contributed by atoms with Gasteiger partial charge in [0.05, 0.1) is 25.2 Å². The van der Waals surface area contributed by atoms with Crippen LogP contribution in [0.2, 0.25) is 0 Å². The van der Waals surface area contributed by atoms with Crippen LogP contribution in [0, 0.1) is 0 Å². The Labute approximate surface area is 84.2 Å². The number of nitrogens with two attached hydrogens (primary N) is 1. The highest BCUT2D eigenvalue weighted by atomic mass is 16.5. The first kappa shape index (κ1) is 9.74. The molecular weight excluding hydrogens is 178 g/mol. The van der Waals surface area contributed by atoms with Crippen LogP contribution in [0.1, 0.15) is 31.2 Å². The Morgan fingerprint density at radius 1 is 1.43 bits per heavy atom. The average Bonchev–Trinajstić information content (AvgIpc) is 2.69. The van der Waals surface area contributed by atoms with Crippen molar-refractivity contribution in [3.05, 3.63) is 24.2 Å². The maximum Gasteiger partial charge on any atom is 0.0957 e. The van der Waals surface area contributed by atoms with Gasteiger partial charge in [-0.1, -0.05) is 12.8 Å². The van der Waals surface area contributed by atoms with Gasteiger partial charge < -0.3 is 14.9 Å².